The first-order chi connectivity index (χ1) is 12.0. The molecule has 5 heteroatoms. The molecule has 0 aliphatic heterocycles. The van der Waals surface area contributed by atoms with Crippen molar-refractivity contribution >= 4 is 18.0 Å². The molecule has 0 heterocycles. The van der Waals surface area contributed by atoms with Gasteiger partial charge in [-0.15, -0.1) is 0 Å². The Morgan fingerprint density at radius 1 is 1.00 bits per heavy atom. The lowest BCUT2D eigenvalue weighted by molar-refractivity contribution is -0.126. The first kappa shape index (κ1) is 18.4. The lowest BCUT2D eigenvalue weighted by atomic mass is 10.1. The predicted octanol–water partition coefficient (Wildman–Crippen LogP) is 2.85. The third-order valence-electron chi connectivity index (χ3n) is 3.73. The van der Waals surface area contributed by atoms with Crippen molar-refractivity contribution in [2.45, 2.75) is 33.2 Å². The normalized spacial score (nSPS) is 10.6. The molecule has 2 aromatic carbocycles. The van der Waals surface area contributed by atoms with Crippen molar-refractivity contribution in [2.75, 3.05) is 0 Å². The van der Waals surface area contributed by atoms with E-state index in [-0.39, 0.29) is 24.7 Å². The minimum Gasteiger partial charge on any atom is -0.352 e. The highest BCUT2D eigenvalue weighted by Gasteiger charge is 2.06. The van der Waals surface area contributed by atoms with Gasteiger partial charge in [-0.1, -0.05) is 54.1 Å². The van der Waals surface area contributed by atoms with Crippen molar-refractivity contribution in [3.05, 3.63) is 70.8 Å². The number of aryl methyl sites for hydroxylation is 2. The summed E-state index contributed by atoms with van der Waals surface area (Å²) < 4.78 is 0. The summed E-state index contributed by atoms with van der Waals surface area (Å²) in [6.45, 7) is 4.48. The molecule has 2 rings (SSSR count). The van der Waals surface area contributed by atoms with Gasteiger partial charge in [-0.3, -0.25) is 9.59 Å². The molecule has 2 aromatic rings. The molecule has 5 nitrogen and oxygen atoms in total. The topological polar surface area (TPSA) is 70.6 Å². The van der Waals surface area contributed by atoms with Gasteiger partial charge in [0, 0.05) is 19.4 Å². The van der Waals surface area contributed by atoms with E-state index in [1.165, 1.54) is 5.56 Å². The number of hydrogen-bond acceptors (Lipinski definition) is 3. The number of nitrogens with one attached hydrogen (secondary N) is 2. The van der Waals surface area contributed by atoms with Crippen LogP contribution in [0.15, 0.2) is 53.6 Å². The van der Waals surface area contributed by atoms with Crippen molar-refractivity contribution in [3.8, 4) is 0 Å². The van der Waals surface area contributed by atoms with Crippen LogP contribution in [0.2, 0.25) is 0 Å². The highest BCUT2D eigenvalue weighted by atomic mass is 16.2. The van der Waals surface area contributed by atoms with Gasteiger partial charge in [0.2, 0.25) is 11.8 Å². The van der Waals surface area contributed by atoms with Gasteiger partial charge in [-0.05, 0) is 30.5 Å². The summed E-state index contributed by atoms with van der Waals surface area (Å²) in [6.07, 6.45) is 1.85. The smallest absolute Gasteiger partial charge is 0.240 e. The molecule has 0 atom stereocenters. The minimum atomic E-state index is -0.282. The highest BCUT2D eigenvalue weighted by molar-refractivity contribution is 5.86. The summed E-state index contributed by atoms with van der Waals surface area (Å²) in [5.41, 5.74) is 6.71. The second-order valence-electron chi connectivity index (χ2n) is 5.92. The second-order valence-corrected chi connectivity index (χ2v) is 5.92. The third-order valence-corrected chi connectivity index (χ3v) is 3.73. The number of nitrogens with zero attached hydrogens (tertiary/aromatic N) is 1. The number of benzene rings is 2. The Labute approximate surface area is 148 Å². The van der Waals surface area contributed by atoms with Gasteiger partial charge in [0.15, 0.2) is 0 Å². The van der Waals surface area contributed by atoms with Gasteiger partial charge in [-0.2, -0.15) is 5.10 Å². The number of carbonyl (C=O) groups excluding carboxylic acids is 2. The average molecular weight is 337 g/mol. The number of rotatable bonds is 7. The molecule has 0 fully saturated rings. The van der Waals surface area contributed by atoms with E-state index >= 15 is 0 Å². The molecule has 0 radical (unpaired) electrons. The number of hydrogen-bond donors (Lipinski definition) is 2. The van der Waals surface area contributed by atoms with Crippen molar-refractivity contribution in [1.82, 2.24) is 10.7 Å². The minimum absolute atomic E-state index is 0.102. The molecular weight excluding hydrogens is 314 g/mol. The monoisotopic (exact) mass is 337 g/mol. The maximum atomic E-state index is 11.8. The lowest BCUT2D eigenvalue weighted by Crippen LogP contribution is -2.25. The van der Waals surface area contributed by atoms with Crippen molar-refractivity contribution < 1.29 is 9.59 Å². The van der Waals surface area contributed by atoms with Crippen molar-refractivity contribution in [2.24, 2.45) is 5.10 Å². The fourth-order valence-electron chi connectivity index (χ4n) is 2.31. The summed E-state index contributed by atoms with van der Waals surface area (Å²) in [7, 11) is 0. The maximum Gasteiger partial charge on any atom is 0.240 e. The Morgan fingerprint density at radius 3 is 2.44 bits per heavy atom. The van der Waals surface area contributed by atoms with Gasteiger partial charge in [0.25, 0.3) is 0 Å². The summed E-state index contributed by atoms with van der Waals surface area (Å²) in [6, 6.07) is 15.6. The quantitative estimate of drug-likeness (QED) is 0.602. The number of carbonyl (C=O) groups is 2. The standard InChI is InChI=1S/C20H23N3O2/c1-15-8-9-18(16(2)12-15)14-22-23-20(25)11-10-19(24)21-13-17-6-4-3-5-7-17/h3-9,12,14H,10-11,13H2,1-2H3,(H,21,24)(H,23,25)/b22-14+. The van der Waals surface area contributed by atoms with Gasteiger partial charge in [0.1, 0.15) is 0 Å². The summed E-state index contributed by atoms with van der Waals surface area (Å²) >= 11 is 0. The van der Waals surface area contributed by atoms with Crippen molar-refractivity contribution in [3.63, 3.8) is 0 Å². The van der Waals surface area contributed by atoms with Crippen LogP contribution < -0.4 is 10.7 Å². The first-order valence-electron chi connectivity index (χ1n) is 8.24. The van der Waals surface area contributed by atoms with Crippen molar-refractivity contribution in [1.29, 1.82) is 0 Å². The van der Waals surface area contributed by atoms with Gasteiger partial charge in [-0.25, -0.2) is 5.43 Å². The molecule has 130 valence electrons. The molecule has 0 aliphatic carbocycles. The Balaban J connectivity index is 1.69. The molecule has 0 saturated carbocycles. The number of amides is 2. The van der Waals surface area contributed by atoms with E-state index in [0.717, 1.165) is 16.7 Å². The van der Waals surface area contributed by atoms with E-state index < -0.39 is 0 Å². The Morgan fingerprint density at radius 2 is 1.72 bits per heavy atom. The van der Waals surface area contributed by atoms with Crippen LogP contribution in [-0.2, 0) is 16.1 Å². The molecule has 0 unspecified atom stereocenters. The van der Waals surface area contributed by atoms with Crippen LogP contribution in [0.3, 0.4) is 0 Å². The van der Waals surface area contributed by atoms with E-state index in [1.54, 1.807) is 6.21 Å². The Bertz CT molecular complexity index is 755. The Hall–Kier alpha value is -2.95. The zero-order chi connectivity index (χ0) is 18.1. The van der Waals surface area contributed by atoms with Gasteiger partial charge < -0.3 is 5.32 Å². The van der Waals surface area contributed by atoms with Crippen LogP contribution in [0.25, 0.3) is 0 Å². The summed E-state index contributed by atoms with van der Waals surface area (Å²) in [4.78, 5) is 23.5. The summed E-state index contributed by atoms with van der Waals surface area (Å²) in [5, 5.41) is 6.74. The lowest BCUT2D eigenvalue weighted by Gasteiger charge is -2.05. The molecule has 0 saturated heterocycles. The molecule has 0 aliphatic rings. The van der Waals surface area contributed by atoms with Crippen LogP contribution in [0.5, 0.6) is 0 Å². The van der Waals surface area contributed by atoms with E-state index in [2.05, 4.69) is 21.9 Å². The molecule has 0 bridgehead atoms. The Kier molecular flexibility index (Phi) is 6.89. The van der Waals surface area contributed by atoms with E-state index in [9.17, 15) is 9.59 Å². The zero-order valence-electron chi connectivity index (χ0n) is 14.6. The molecule has 2 amide bonds. The SMILES string of the molecule is Cc1ccc(/C=N/NC(=O)CCC(=O)NCc2ccccc2)c(C)c1. The maximum absolute atomic E-state index is 11.8. The van der Waals surface area contributed by atoms with Crippen LogP contribution in [0, 0.1) is 13.8 Å². The fourth-order valence-corrected chi connectivity index (χ4v) is 2.31. The van der Waals surface area contributed by atoms with E-state index in [0.29, 0.717) is 6.54 Å². The van der Waals surface area contributed by atoms with Gasteiger partial charge in [0.05, 0.1) is 6.21 Å². The van der Waals surface area contributed by atoms with Crippen LogP contribution in [-0.4, -0.2) is 18.0 Å². The zero-order valence-corrected chi connectivity index (χ0v) is 14.6. The van der Waals surface area contributed by atoms with E-state index in [4.69, 9.17) is 0 Å². The predicted molar refractivity (Wildman–Crippen MR) is 99.2 cm³/mol. The van der Waals surface area contributed by atoms with E-state index in [1.807, 2.05) is 56.3 Å². The third kappa shape index (κ3) is 6.59. The molecule has 2 N–H and O–H groups in total. The molecule has 0 spiro atoms. The van der Waals surface area contributed by atoms with Crippen LogP contribution in [0.1, 0.15) is 35.1 Å². The highest BCUT2D eigenvalue weighted by Crippen LogP contribution is 2.07. The largest absolute Gasteiger partial charge is 0.352 e. The van der Waals surface area contributed by atoms with Crippen LogP contribution >= 0.6 is 0 Å². The molecule has 0 aromatic heterocycles. The second kappa shape index (κ2) is 9.37. The molecular formula is C20H23N3O2. The molecule has 25 heavy (non-hydrogen) atoms. The fraction of sp³-hybridized carbons (Fsp3) is 0.250. The first-order valence-corrected chi connectivity index (χ1v) is 8.24. The number of hydrazone groups is 1. The summed E-state index contributed by atoms with van der Waals surface area (Å²) in [5.74, 6) is -0.437. The van der Waals surface area contributed by atoms with Gasteiger partial charge >= 0.3 is 0 Å². The average Bonchev–Trinajstić information content (AvgIpc) is 2.61. The van der Waals surface area contributed by atoms with Crippen LogP contribution in [0.4, 0.5) is 0 Å².